The summed E-state index contributed by atoms with van der Waals surface area (Å²) in [6.07, 6.45) is 2.25. The molecule has 5 rings (SSSR count). The lowest BCUT2D eigenvalue weighted by atomic mass is 9.73. The van der Waals surface area contributed by atoms with Gasteiger partial charge >= 0.3 is 11.9 Å². The van der Waals surface area contributed by atoms with Crippen LogP contribution >= 0.6 is 0 Å². The molecule has 2 aliphatic heterocycles. The van der Waals surface area contributed by atoms with Crippen LogP contribution in [0.4, 0.5) is 5.69 Å². The monoisotopic (exact) mass is 702 g/mol. The van der Waals surface area contributed by atoms with E-state index in [9.17, 15) is 34.8 Å². The van der Waals surface area contributed by atoms with Crippen molar-refractivity contribution >= 4 is 23.4 Å². The molecule has 2 aromatic rings. The van der Waals surface area contributed by atoms with Gasteiger partial charge in [0.05, 0.1) is 25.0 Å². The van der Waals surface area contributed by atoms with E-state index in [1.54, 1.807) is 26.0 Å². The molecule has 274 valence electrons. The fourth-order valence-corrected chi connectivity index (χ4v) is 7.11. The quantitative estimate of drug-likeness (QED) is 0.0653. The molecule has 1 fully saturated rings. The highest BCUT2D eigenvalue weighted by Crippen LogP contribution is 2.42. The van der Waals surface area contributed by atoms with Gasteiger partial charge in [0.1, 0.15) is 29.0 Å². The summed E-state index contributed by atoms with van der Waals surface area (Å²) in [5.74, 6) is 4.18. The number of rotatable bonds is 11. The highest BCUT2D eigenvalue weighted by molar-refractivity contribution is 5.89. The van der Waals surface area contributed by atoms with Gasteiger partial charge in [-0.2, -0.15) is 0 Å². The normalized spacial score (nSPS) is 23.8. The Morgan fingerprint density at radius 2 is 1.78 bits per heavy atom. The molecule has 2 bridgehead atoms. The molecule has 6 N–H and O–H groups in total. The Bertz CT molecular complexity index is 1690. The topological polar surface area (TPSA) is 175 Å². The summed E-state index contributed by atoms with van der Waals surface area (Å²) < 4.78 is 11.8. The van der Waals surface area contributed by atoms with Crippen molar-refractivity contribution in [2.24, 2.45) is 5.92 Å². The maximum absolute atomic E-state index is 14.3. The molecule has 5 atom stereocenters. The van der Waals surface area contributed by atoms with E-state index in [0.717, 1.165) is 6.54 Å². The van der Waals surface area contributed by atoms with Crippen LogP contribution in [0.1, 0.15) is 99.8 Å². The number of fused-ring (bicyclic) bond motifs is 1. The number of phenols is 1. The van der Waals surface area contributed by atoms with Crippen molar-refractivity contribution in [2.45, 2.75) is 108 Å². The average Bonchev–Trinajstić information content (AvgIpc) is 3.10. The van der Waals surface area contributed by atoms with Gasteiger partial charge in [0.15, 0.2) is 0 Å². The van der Waals surface area contributed by atoms with Crippen LogP contribution in [-0.4, -0.2) is 75.6 Å². The molecule has 11 nitrogen and oxygen atoms in total. The molecule has 1 saturated carbocycles. The number of hydrogen-bond donors (Lipinski definition) is 6. The lowest BCUT2D eigenvalue weighted by molar-refractivity contribution is -0.169. The number of benzene rings is 2. The highest BCUT2D eigenvalue weighted by atomic mass is 16.6. The number of phenolic OH excluding ortho intramolecular Hbond substituents is 1. The fourth-order valence-electron chi connectivity index (χ4n) is 7.11. The number of ketones is 1. The van der Waals surface area contributed by atoms with Gasteiger partial charge in [-0.1, -0.05) is 30.9 Å². The zero-order valence-corrected chi connectivity index (χ0v) is 29.7. The Morgan fingerprint density at radius 3 is 2.49 bits per heavy atom. The maximum atomic E-state index is 14.3. The van der Waals surface area contributed by atoms with Crippen molar-refractivity contribution in [1.82, 2.24) is 5.32 Å². The molecule has 3 aliphatic rings. The van der Waals surface area contributed by atoms with E-state index in [-0.39, 0.29) is 55.6 Å². The first-order chi connectivity index (χ1) is 24.4. The lowest BCUT2D eigenvalue weighted by Crippen LogP contribution is -2.50. The number of Topliss-reactive ketones (excluding diaryl/α,β-unsaturated/α-hetero) is 1. The number of nitrogens with one attached hydrogen (secondary N) is 2. The van der Waals surface area contributed by atoms with Crippen LogP contribution in [0, 0.1) is 17.8 Å². The number of hydrogen-bond acceptors (Lipinski definition) is 11. The molecule has 0 amide bonds. The molecular formula is C40H50N2O9. The minimum Gasteiger partial charge on any atom is -0.508 e. The lowest BCUT2D eigenvalue weighted by Gasteiger charge is -2.40. The van der Waals surface area contributed by atoms with E-state index < -0.39 is 41.6 Å². The number of anilines is 1. The predicted octanol–water partition coefficient (Wildman–Crippen LogP) is 4.15. The summed E-state index contributed by atoms with van der Waals surface area (Å²) in [7, 11) is 0. The van der Waals surface area contributed by atoms with Crippen LogP contribution in [0.2, 0.25) is 0 Å². The minimum absolute atomic E-state index is 0.0210. The second-order valence-electron chi connectivity index (χ2n) is 14.2. The number of aliphatic hydroxyl groups excluding tert-OH is 2. The third-order valence-electron chi connectivity index (χ3n) is 10.1. The smallest absolute Gasteiger partial charge is 0.334 e. The van der Waals surface area contributed by atoms with Gasteiger partial charge in [0.25, 0.3) is 0 Å². The molecule has 0 aromatic heterocycles. The zero-order chi connectivity index (χ0) is 36.7. The molecule has 51 heavy (non-hydrogen) atoms. The standard InChI is InChI=1S/C40H50N2O9/c1-4-41-13-5-6-28-16-26(29-14-25(23-43)15-32(17-29)42-22-24(2)44)7-8-27-20-38(47)50-36-21-35(46)30(18-34(27)36)19-37(51-39(28)48)40(3,49)31-9-11-33(45)12-10-31/h6,14-15,17-18,21,24,26-27,31,37,41-44,46,49H,4-5,9-13,16,19-20,22-23H2,1-3H3. The molecule has 0 spiro atoms. The van der Waals surface area contributed by atoms with Gasteiger partial charge in [-0.25, -0.2) is 4.79 Å². The first-order valence-electron chi connectivity index (χ1n) is 18.0. The van der Waals surface area contributed by atoms with Gasteiger partial charge in [-0.15, -0.1) is 0 Å². The van der Waals surface area contributed by atoms with Crippen molar-refractivity contribution in [2.75, 3.05) is 25.0 Å². The molecular weight excluding hydrogens is 652 g/mol. The SMILES string of the molecule is CCNCCC=C1CC(c2cc(CO)cc(NCC(C)O)c2)C#CC2CC(=O)Oc3cc(O)c(cc32)CC(C(C)(O)C2CCC(=O)CC2)OC1=O. The van der Waals surface area contributed by atoms with Gasteiger partial charge < -0.3 is 40.5 Å². The van der Waals surface area contributed by atoms with E-state index >= 15 is 0 Å². The number of aromatic hydroxyl groups is 1. The summed E-state index contributed by atoms with van der Waals surface area (Å²) in [5, 5.41) is 49.8. The van der Waals surface area contributed by atoms with Crippen molar-refractivity contribution in [3.05, 3.63) is 64.2 Å². The third-order valence-corrected chi connectivity index (χ3v) is 10.1. The first-order valence-corrected chi connectivity index (χ1v) is 18.0. The summed E-state index contributed by atoms with van der Waals surface area (Å²) in [5.41, 5.74) is 1.79. The minimum atomic E-state index is -1.55. The largest absolute Gasteiger partial charge is 0.508 e. The van der Waals surface area contributed by atoms with Crippen LogP contribution in [0.25, 0.3) is 0 Å². The molecule has 2 heterocycles. The van der Waals surface area contributed by atoms with E-state index in [2.05, 4.69) is 22.5 Å². The number of aliphatic hydroxyl groups is 3. The van der Waals surface area contributed by atoms with Gasteiger partial charge in [0, 0.05) is 54.6 Å². The van der Waals surface area contributed by atoms with Crippen molar-refractivity contribution in [3.63, 3.8) is 0 Å². The molecule has 1 aliphatic carbocycles. The number of carbonyl (C=O) groups excluding carboxylic acids is 3. The van der Waals surface area contributed by atoms with Gasteiger partial charge in [0.2, 0.25) is 0 Å². The molecule has 0 radical (unpaired) electrons. The number of carbonyl (C=O) groups is 3. The zero-order valence-electron chi connectivity index (χ0n) is 29.7. The summed E-state index contributed by atoms with van der Waals surface area (Å²) in [4.78, 5) is 39.2. The van der Waals surface area contributed by atoms with E-state index in [1.807, 2.05) is 25.1 Å². The van der Waals surface area contributed by atoms with E-state index in [1.165, 1.54) is 6.07 Å². The predicted molar refractivity (Wildman–Crippen MR) is 191 cm³/mol. The van der Waals surface area contributed by atoms with Crippen LogP contribution < -0.4 is 15.4 Å². The number of cyclic esters (lactones) is 1. The van der Waals surface area contributed by atoms with Crippen molar-refractivity contribution in [1.29, 1.82) is 0 Å². The maximum Gasteiger partial charge on any atom is 0.334 e. The molecule has 5 unspecified atom stereocenters. The second-order valence-corrected chi connectivity index (χ2v) is 14.2. The van der Waals surface area contributed by atoms with Crippen LogP contribution in [0.5, 0.6) is 11.5 Å². The third kappa shape index (κ3) is 9.57. The van der Waals surface area contributed by atoms with Crippen LogP contribution in [0.15, 0.2) is 42.0 Å². The second kappa shape index (κ2) is 16.9. The molecule has 2 aromatic carbocycles. The molecule has 11 heteroatoms. The fraction of sp³-hybridized carbons (Fsp3) is 0.525. The van der Waals surface area contributed by atoms with Gasteiger partial charge in [-0.3, -0.25) is 9.59 Å². The van der Waals surface area contributed by atoms with E-state index in [0.29, 0.717) is 72.2 Å². The Kier molecular flexibility index (Phi) is 12.6. The Hall–Kier alpha value is -4.21. The number of ether oxygens (including phenoxy) is 2. The van der Waals surface area contributed by atoms with Crippen LogP contribution in [-0.2, 0) is 32.1 Å². The van der Waals surface area contributed by atoms with Gasteiger partial charge in [-0.05, 0) is 93.4 Å². The summed E-state index contributed by atoms with van der Waals surface area (Å²) in [6, 6.07) is 8.56. The van der Waals surface area contributed by atoms with Crippen LogP contribution in [0.3, 0.4) is 0 Å². The highest BCUT2D eigenvalue weighted by Gasteiger charge is 2.44. The summed E-state index contributed by atoms with van der Waals surface area (Å²) in [6.45, 7) is 6.68. The first kappa shape index (κ1) is 38.0. The Labute approximate surface area is 299 Å². The summed E-state index contributed by atoms with van der Waals surface area (Å²) >= 11 is 0. The Balaban J connectivity index is 1.65. The Morgan fingerprint density at radius 1 is 1.04 bits per heavy atom. The van der Waals surface area contributed by atoms with Crippen molar-refractivity contribution < 1.29 is 44.3 Å². The van der Waals surface area contributed by atoms with Crippen molar-refractivity contribution in [3.8, 4) is 23.3 Å². The van der Waals surface area contributed by atoms with E-state index in [4.69, 9.17) is 9.47 Å². The molecule has 0 saturated heterocycles. The average molecular weight is 703 g/mol. The number of esters is 2.